The third-order valence-electron chi connectivity index (χ3n) is 6.20. The molecular weight excluding hydrogens is 458 g/mol. The minimum Gasteiger partial charge on any atom is -0.376 e. The molecule has 1 aliphatic heterocycles. The molecule has 35 heavy (non-hydrogen) atoms. The van der Waals surface area contributed by atoms with Gasteiger partial charge in [-0.1, -0.05) is 42.5 Å². The molecule has 1 atom stereocenters. The van der Waals surface area contributed by atoms with E-state index in [-0.39, 0.29) is 24.6 Å². The van der Waals surface area contributed by atoms with Gasteiger partial charge in [-0.3, -0.25) is 4.79 Å². The van der Waals surface area contributed by atoms with Crippen molar-refractivity contribution in [3.05, 3.63) is 87.6 Å². The molecule has 0 saturated carbocycles. The number of nitrogens with zero attached hydrogens (tertiary/aromatic N) is 2. The van der Waals surface area contributed by atoms with E-state index in [0.29, 0.717) is 26.2 Å². The normalized spacial score (nSPS) is 15.1. The van der Waals surface area contributed by atoms with Crippen molar-refractivity contribution in [1.29, 1.82) is 0 Å². The Hall–Kier alpha value is -3.16. The summed E-state index contributed by atoms with van der Waals surface area (Å²) < 4.78 is 5.80. The molecule has 0 spiro atoms. The predicted molar refractivity (Wildman–Crippen MR) is 140 cm³/mol. The highest BCUT2D eigenvalue weighted by molar-refractivity contribution is 7.10. The van der Waals surface area contributed by atoms with Crippen LogP contribution >= 0.6 is 11.3 Å². The van der Waals surface area contributed by atoms with E-state index in [2.05, 4.69) is 23.7 Å². The topological polar surface area (TPSA) is 61.9 Å². The Balaban J connectivity index is 1.52. The number of carbonyl (C=O) groups excluding carboxylic acids is 2. The molecule has 7 heteroatoms. The number of nitrogens with one attached hydrogen (secondary N) is 1. The van der Waals surface area contributed by atoms with Gasteiger partial charge in [0.1, 0.15) is 6.54 Å². The summed E-state index contributed by atoms with van der Waals surface area (Å²) in [7, 11) is 0. The minimum absolute atomic E-state index is 0.00519. The molecule has 1 aliphatic rings. The van der Waals surface area contributed by atoms with E-state index in [1.54, 1.807) is 16.2 Å². The number of hydrogen-bond donors (Lipinski definition) is 1. The highest BCUT2D eigenvalue weighted by Gasteiger charge is 2.27. The first-order valence-corrected chi connectivity index (χ1v) is 12.9. The van der Waals surface area contributed by atoms with Crippen LogP contribution in [0.1, 0.15) is 34.4 Å². The Kier molecular flexibility index (Phi) is 8.55. The molecule has 1 saturated heterocycles. The van der Waals surface area contributed by atoms with Crippen LogP contribution in [0.3, 0.4) is 0 Å². The zero-order valence-electron chi connectivity index (χ0n) is 20.4. The lowest BCUT2D eigenvalue weighted by molar-refractivity contribution is -0.133. The van der Waals surface area contributed by atoms with Gasteiger partial charge in [0.15, 0.2) is 0 Å². The fourth-order valence-corrected chi connectivity index (χ4v) is 5.14. The van der Waals surface area contributed by atoms with E-state index in [1.807, 2.05) is 66.4 Å². The Morgan fingerprint density at radius 2 is 1.86 bits per heavy atom. The van der Waals surface area contributed by atoms with Gasteiger partial charge in [-0.15, -0.1) is 11.3 Å². The monoisotopic (exact) mass is 491 g/mol. The second kappa shape index (κ2) is 12.0. The molecule has 1 unspecified atom stereocenters. The summed E-state index contributed by atoms with van der Waals surface area (Å²) in [6, 6.07) is 19.4. The van der Waals surface area contributed by atoms with E-state index in [9.17, 15) is 9.59 Å². The largest absolute Gasteiger partial charge is 0.376 e. The first-order chi connectivity index (χ1) is 17.0. The number of carbonyl (C=O) groups is 2. The predicted octanol–water partition coefficient (Wildman–Crippen LogP) is 5.61. The van der Waals surface area contributed by atoms with Crippen LogP contribution < -0.4 is 5.32 Å². The first-order valence-electron chi connectivity index (χ1n) is 12.1. The summed E-state index contributed by atoms with van der Waals surface area (Å²) in [6.07, 6.45) is 1.82. The van der Waals surface area contributed by atoms with Crippen LogP contribution in [-0.2, 0) is 22.6 Å². The first kappa shape index (κ1) is 24.9. The van der Waals surface area contributed by atoms with Crippen molar-refractivity contribution in [3.8, 4) is 0 Å². The van der Waals surface area contributed by atoms with Crippen molar-refractivity contribution in [3.63, 3.8) is 0 Å². The summed E-state index contributed by atoms with van der Waals surface area (Å²) in [4.78, 5) is 31.5. The Morgan fingerprint density at radius 1 is 1.03 bits per heavy atom. The standard InChI is InChI=1S/C28H33N3O3S/c1-21-8-6-11-24(16-21)29-28(33)31(18-25-12-7-14-34-25)20-27(32)30(17-23-9-4-3-5-10-23)19-26-22(2)13-15-35-26/h3-6,8-11,13,15-16,25H,7,12,14,17-20H2,1-2H3,(H,29,33). The highest BCUT2D eigenvalue weighted by Crippen LogP contribution is 2.21. The van der Waals surface area contributed by atoms with Crippen LogP contribution in [0.2, 0.25) is 0 Å². The molecule has 3 aromatic rings. The van der Waals surface area contributed by atoms with Crippen LogP contribution in [0.5, 0.6) is 0 Å². The van der Waals surface area contributed by atoms with E-state index >= 15 is 0 Å². The van der Waals surface area contributed by atoms with Crippen molar-refractivity contribution in [2.75, 3.05) is 25.0 Å². The molecule has 0 aliphatic carbocycles. The number of ether oxygens (including phenoxy) is 1. The lowest BCUT2D eigenvalue weighted by Crippen LogP contribution is -2.46. The van der Waals surface area contributed by atoms with Gasteiger partial charge in [0, 0.05) is 30.3 Å². The fraction of sp³-hybridized carbons (Fsp3) is 0.357. The van der Waals surface area contributed by atoms with Gasteiger partial charge in [0.25, 0.3) is 0 Å². The maximum Gasteiger partial charge on any atom is 0.322 e. The van der Waals surface area contributed by atoms with E-state index in [4.69, 9.17) is 4.74 Å². The second-order valence-corrected chi connectivity index (χ2v) is 10.1. The lowest BCUT2D eigenvalue weighted by Gasteiger charge is -2.29. The molecule has 0 radical (unpaired) electrons. The third kappa shape index (κ3) is 7.16. The molecule has 1 aromatic heterocycles. The van der Waals surface area contributed by atoms with Gasteiger partial charge in [-0.05, 0) is 67.0 Å². The van der Waals surface area contributed by atoms with Crippen LogP contribution in [0.4, 0.5) is 10.5 Å². The average molecular weight is 492 g/mol. The number of anilines is 1. The zero-order valence-corrected chi connectivity index (χ0v) is 21.2. The molecule has 1 N–H and O–H groups in total. The molecule has 4 rings (SSSR count). The van der Waals surface area contributed by atoms with E-state index < -0.39 is 0 Å². The molecule has 1 fully saturated rings. The summed E-state index contributed by atoms with van der Waals surface area (Å²) in [5, 5.41) is 5.02. The van der Waals surface area contributed by atoms with E-state index in [1.165, 1.54) is 5.56 Å². The molecule has 2 heterocycles. The molecule has 3 amide bonds. The van der Waals surface area contributed by atoms with Crippen LogP contribution in [-0.4, -0.2) is 47.5 Å². The van der Waals surface area contributed by atoms with Gasteiger partial charge in [-0.2, -0.15) is 0 Å². The molecular formula is C28H33N3O3S. The average Bonchev–Trinajstić information content (AvgIpc) is 3.50. The maximum atomic E-state index is 13.6. The number of rotatable bonds is 9. The highest BCUT2D eigenvalue weighted by atomic mass is 32.1. The number of thiophene rings is 1. The number of urea groups is 1. The zero-order chi connectivity index (χ0) is 24.6. The SMILES string of the molecule is Cc1cccc(NC(=O)N(CC(=O)N(Cc2ccccc2)Cc2sccc2C)CC2CCCO2)c1. The van der Waals surface area contributed by atoms with Crippen molar-refractivity contribution in [2.45, 2.75) is 45.9 Å². The third-order valence-corrected chi connectivity index (χ3v) is 7.21. The van der Waals surface area contributed by atoms with Crippen LogP contribution in [0.15, 0.2) is 66.0 Å². The van der Waals surface area contributed by atoms with E-state index in [0.717, 1.165) is 34.5 Å². The van der Waals surface area contributed by atoms with Gasteiger partial charge < -0.3 is 19.9 Å². The second-order valence-electron chi connectivity index (χ2n) is 9.08. The van der Waals surface area contributed by atoms with Gasteiger partial charge in [-0.25, -0.2) is 4.79 Å². The summed E-state index contributed by atoms with van der Waals surface area (Å²) >= 11 is 1.65. The smallest absolute Gasteiger partial charge is 0.322 e. The Morgan fingerprint density at radius 3 is 2.54 bits per heavy atom. The lowest BCUT2D eigenvalue weighted by atomic mass is 10.2. The van der Waals surface area contributed by atoms with Crippen LogP contribution in [0.25, 0.3) is 0 Å². The van der Waals surface area contributed by atoms with Gasteiger partial charge in [0.2, 0.25) is 5.91 Å². The molecule has 2 aromatic carbocycles. The number of hydrogen-bond acceptors (Lipinski definition) is 4. The summed E-state index contributed by atoms with van der Waals surface area (Å²) in [5.74, 6) is -0.0842. The minimum atomic E-state index is -0.286. The fourth-order valence-electron chi connectivity index (χ4n) is 4.22. The van der Waals surface area contributed by atoms with Crippen molar-refractivity contribution in [2.24, 2.45) is 0 Å². The van der Waals surface area contributed by atoms with Crippen molar-refractivity contribution < 1.29 is 14.3 Å². The number of amides is 3. The number of benzene rings is 2. The van der Waals surface area contributed by atoms with Crippen molar-refractivity contribution >= 4 is 29.0 Å². The summed E-state index contributed by atoms with van der Waals surface area (Å²) in [5.41, 5.74) is 4.01. The molecule has 0 bridgehead atoms. The van der Waals surface area contributed by atoms with Crippen molar-refractivity contribution in [1.82, 2.24) is 9.80 Å². The Bertz CT molecular complexity index is 1130. The molecule has 6 nitrogen and oxygen atoms in total. The maximum absolute atomic E-state index is 13.6. The quantitative estimate of drug-likeness (QED) is 0.423. The van der Waals surface area contributed by atoms with Gasteiger partial charge >= 0.3 is 6.03 Å². The molecule has 184 valence electrons. The van der Waals surface area contributed by atoms with Crippen LogP contribution in [0, 0.1) is 13.8 Å². The Labute approximate surface area is 211 Å². The summed E-state index contributed by atoms with van der Waals surface area (Å²) in [6.45, 7) is 6.14. The van der Waals surface area contributed by atoms with Gasteiger partial charge in [0.05, 0.1) is 12.6 Å². The number of aryl methyl sites for hydroxylation is 2.